The smallest absolute Gasteiger partial charge is 0.192 e. The van der Waals surface area contributed by atoms with Gasteiger partial charge in [0.25, 0.3) is 0 Å². The van der Waals surface area contributed by atoms with E-state index in [4.69, 9.17) is 9.73 Å². The van der Waals surface area contributed by atoms with Crippen molar-refractivity contribution in [3.05, 3.63) is 11.6 Å². The molecule has 2 fully saturated rings. The highest BCUT2D eigenvalue weighted by atomic mass is 16.5. The molecule has 1 aromatic heterocycles. The fraction of sp³-hybridized carbons (Fsp3) is 0.812. The molecule has 0 saturated carbocycles. The van der Waals surface area contributed by atoms with Crippen LogP contribution in [-0.2, 0) is 24.2 Å². The highest BCUT2D eigenvalue weighted by Gasteiger charge is 2.41. The molecule has 7 heteroatoms. The maximum atomic E-state index is 5.92. The first-order valence-electron chi connectivity index (χ1n) is 8.94. The molecule has 3 aliphatic heterocycles. The van der Waals surface area contributed by atoms with Crippen LogP contribution >= 0.6 is 0 Å². The molecule has 3 unspecified atom stereocenters. The van der Waals surface area contributed by atoms with Crippen molar-refractivity contribution in [1.82, 2.24) is 25.4 Å². The van der Waals surface area contributed by atoms with Gasteiger partial charge in [-0.2, -0.15) is 0 Å². The van der Waals surface area contributed by atoms with E-state index < -0.39 is 0 Å². The molecule has 2 N–H and O–H groups in total. The summed E-state index contributed by atoms with van der Waals surface area (Å²) in [4.78, 5) is 4.73. The van der Waals surface area contributed by atoms with Gasteiger partial charge in [0.05, 0.1) is 18.2 Å². The van der Waals surface area contributed by atoms with Crippen LogP contribution in [0, 0.1) is 0 Å². The molecule has 3 aliphatic rings. The number of hydrogen-bond donors (Lipinski definition) is 2. The topological polar surface area (TPSA) is 76.4 Å². The largest absolute Gasteiger partial charge is 0.373 e. The van der Waals surface area contributed by atoms with Crippen LogP contribution in [-0.4, -0.2) is 45.5 Å². The van der Waals surface area contributed by atoms with Gasteiger partial charge in [0, 0.05) is 19.5 Å². The Balaban J connectivity index is 1.42. The van der Waals surface area contributed by atoms with Crippen LogP contribution in [0.15, 0.2) is 4.99 Å². The molecule has 126 valence electrons. The van der Waals surface area contributed by atoms with Gasteiger partial charge in [0.1, 0.15) is 12.4 Å². The summed E-state index contributed by atoms with van der Waals surface area (Å²) in [6.45, 7) is 4.54. The minimum Gasteiger partial charge on any atom is -0.373 e. The first-order chi connectivity index (χ1) is 11.3. The van der Waals surface area contributed by atoms with E-state index in [9.17, 15) is 0 Å². The number of aliphatic imine (C=N–C) groups is 1. The van der Waals surface area contributed by atoms with Gasteiger partial charge >= 0.3 is 0 Å². The zero-order chi connectivity index (χ0) is 15.6. The normalized spacial score (nSPS) is 29.6. The van der Waals surface area contributed by atoms with Crippen LogP contribution < -0.4 is 10.6 Å². The number of rotatable bonds is 4. The van der Waals surface area contributed by atoms with Gasteiger partial charge in [-0.15, -0.1) is 10.2 Å². The summed E-state index contributed by atoms with van der Waals surface area (Å²) in [5, 5.41) is 15.5. The molecule has 1 aromatic rings. The number of nitrogens with one attached hydrogen (secondary N) is 2. The van der Waals surface area contributed by atoms with Crippen LogP contribution in [0.2, 0.25) is 0 Å². The lowest BCUT2D eigenvalue weighted by Crippen LogP contribution is -2.47. The van der Waals surface area contributed by atoms with E-state index in [1.807, 2.05) is 0 Å². The van der Waals surface area contributed by atoms with Crippen molar-refractivity contribution in [3.8, 4) is 0 Å². The van der Waals surface area contributed by atoms with E-state index in [1.54, 1.807) is 0 Å². The standard InChI is InChI=1S/C16H26N6O/c1-2-17-16(19-12-9-11-6-7-13(12)23-11)18-10-15-21-20-14-5-3-4-8-22(14)15/h11-13H,2-10H2,1H3,(H2,17,18,19). The van der Waals surface area contributed by atoms with Crippen molar-refractivity contribution < 1.29 is 4.74 Å². The predicted molar refractivity (Wildman–Crippen MR) is 87.2 cm³/mol. The van der Waals surface area contributed by atoms with Crippen molar-refractivity contribution in [1.29, 1.82) is 0 Å². The first kappa shape index (κ1) is 14.9. The Labute approximate surface area is 136 Å². The van der Waals surface area contributed by atoms with Gasteiger partial charge in [-0.1, -0.05) is 0 Å². The lowest BCUT2D eigenvalue weighted by Gasteiger charge is -2.22. The maximum Gasteiger partial charge on any atom is 0.192 e. The molecule has 23 heavy (non-hydrogen) atoms. The second kappa shape index (κ2) is 6.47. The third-order valence-corrected chi connectivity index (χ3v) is 5.09. The fourth-order valence-corrected chi connectivity index (χ4v) is 3.92. The summed E-state index contributed by atoms with van der Waals surface area (Å²) >= 11 is 0. The number of aryl methyl sites for hydroxylation is 1. The quantitative estimate of drug-likeness (QED) is 0.639. The number of hydrogen-bond acceptors (Lipinski definition) is 4. The van der Waals surface area contributed by atoms with E-state index in [0.29, 0.717) is 24.8 Å². The Morgan fingerprint density at radius 2 is 2.30 bits per heavy atom. The number of nitrogens with zero attached hydrogens (tertiary/aromatic N) is 4. The molecule has 0 aromatic carbocycles. The van der Waals surface area contributed by atoms with Crippen molar-refractivity contribution in [2.24, 2.45) is 4.99 Å². The molecule has 2 saturated heterocycles. The van der Waals surface area contributed by atoms with Gasteiger partial charge in [-0.25, -0.2) is 4.99 Å². The monoisotopic (exact) mass is 318 g/mol. The highest BCUT2D eigenvalue weighted by Crippen LogP contribution is 2.34. The third kappa shape index (κ3) is 3.06. The molecule has 0 radical (unpaired) electrons. The lowest BCUT2D eigenvalue weighted by atomic mass is 9.96. The van der Waals surface area contributed by atoms with Crippen molar-refractivity contribution in [3.63, 3.8) is 0 Å². The van der Waals surface area contributed by atoms with E-state index in [1.165, 1.54) is 25.7 Å². The van der Waals surface area contributed by atoms with Crippen LogP contribution in [0.25, 0.3) is 0 Å². The van der Waals surface area contributed by atoms with Crippen LogP contribution in [0.1, 0.15) is 50.7 Å². The molecule has 4 heterocycles. The molecule has 4 rings (SSSR count). The Hall–Kier alpha value is -1.63. The minimum absolute atomic E-state index is 0.352. The Morgan fingerprint density at radius 1 is 1.35 bits per heavy atom. The molecule has 0 aliphatic carbocycles. The van der Waals surface area contributed by atoms with Gasteiger partial charge in [-0.3, -0.25) is 0 Å². The summed E-state index contributed by atoms with van der Waals surface area (Å²) in [6, 6.07) is 0.388. The first-order valence-corrected chi connectivity index (χ1v) is 8.94. The van der Waals surface area contributed by atoms with Crippen molar-refractivity contribution in [2.45, 2.75) is 76.8 Å². The number of ether oxygens (including phenoxy) is 1. The van der Waals surface area contributed by atoms with Crippen LogP contribution in [0.5, 0.6) is 0 Å². The summed E-state index contributed by atoms with van der Waals surface area (Å²) in [7, 11) is 0. The molecular formula is C16H26N6O. The Kier molecular flexibility index (Phi) is 4.20. The zero-order valence-electron chi connectivity index (χ0n) is 13.8. The molecule has 0 amide bonds. The summed E-state index contributed by atoms with van der Waals surface area (Å²) in [6.07, 6.45) is 7.74. The molecular weight excluding hydrogens is 292 g/mol. The SMILES string of the molecule is CCNC(=NCc1nnc2n1CCCC2)NC1CC2CCC1O2. The Morgan fingerprint density at radius 3 is 3.09 bits per heavy atom. The zero-order valence-corrected chi connectivity index (χ0v) is 13.8. The fourth-order valence-electron chi connectivity index (χ4n) is 3.92. The van der Waals surface area contributed by atoms with E-state index >= 15 is 0 Å². The third-order valence-electron chi connectivity index (χ3n) is 5.09. The summed E-state index contributed by atoms with van der Waals surface area (Å²) < 4.78 is 8.15. The van der Waals surface area contributed by atoms with E-state index in [2.05, 4.69) is 32.3 Å². The van der Waals surface area contributed by atoms with Gasteiger partial charge < -0.3 is 19.9 Å². The second-order valence-electron chi connectivity index (χ2n) is 6.70. The van der Waals surface area contributed by atoms with Crippen molar-refractivity contribution in [2.75, 3.05) is 6.54 Å². The second-order valence-corrected chi connectivity index (χ2v) is 6.70. The van der Waals surface area contributed by atoms with Crippen LogP contribution in [0.4, 0.5) is 0 Å². The predicted octanol–water partition coefficient (Wildman–Crippen LogP) is 0.989. The lowest BCUT2D eigenvalue weighted by molar-refractivity contribution is 0.0992. The number of aromatic nitrogens is 3. The average Bonchev–Trinajstić information content (AvgIpc) is 3.28. The van der Waals surface area contributed by atoms with Crippen LogP contribution in [0.3, 0.4) is 0 Å². The molecule has 2 bridgehead atoms. The average molecular weight is 318 g/mol. The Bertz CT molecular complexity index is 583. The summed E-state index contributed by atoms with van der Waals surface area (Å²) in [5.41, 5.74) is 0. The van der Waals surface area contributed by atoms with E-state index in [-0.39, 0.29) is 0 Å². The molecule has 0 spiro atoms. The maximum absolute atomic E-state index is 5.92. The minimum atomic E-state index is 0.352. The van der Waals surface area contributed by atoms with Gasteiger partial charge in [0.15, 0.2) is 11.8 Å². The number of fused-ring (bicyclic) bond motifs is 3. The van der Waals surface area contributed by atoms with Gasteiger partial charge in [0.2, 0.25) is 0 Å². The summed E-state index contributed by atoms with van der Waals surface area (Å²) in [5.74, 6) is 2.95. The van der Waals surface area contributed by atoms with E-state index in [0.717, 1.165) is 43.5 Å². The van der Waals surface area contributed by atoms with Gasteiger partial charge in [-0.05, 0) is 39.0 Å². The van der Waals surface area contributed by atoms with Crippen molar-refractivity contribution >= 4 is 5.96 Å². The molecule has 3 atom stereocenters. The molecule has 7 nitrogen and oxygen atoms in total. The number of guanidine groups is 1. The highest BCUT2D eigenvalue weighted by molar-refractivity contribution is 5.80.